The maximum absolute atomic E-state index is 12.6. The third-order valence-corrected chi connectivity index (χ3v) is 4.54. The standard InChI is InChI=1S/C18H16Cl2N2O3/c1-25-16-7-4-13(20)9-15(16)21-18(24)11-8-17(23)22(10-11)14-5-2-12(19)3-6-14/h2-7,9,11H,8,10H2,1H3,(H,21,24)/t11-/m1/s1. The highest BCUT2D eigenvalue weighted by Crippen LogP contribution is 2.30. The van der Waals surface area contributed by atoms with Crippen LogP contribution in [-0.4, -0.2) is 25.5 Å². The highest BCUT2D eigenvalue weighted by atomic mass is 35.5. The molecule has 1 fully saturated rings. The Balaban J connectivity index is 1.73. The Morgan fingerprint density at radius 2 is 1.84 bits per heavy atom. The first kappa shape index (κ1) is 17.6. The number of hydrogen-bond acceptors (Lipinski definition) is 3. The third-order valence-electron chi connectivity index (χ3n) is 4.05. The number of ether oxygens (including phenoxy) is 1. The van der Waals surface area contributed by atoms with E-state index < -0.39 is 5.92 Å². The minimum absolute atomic E-state index is 0.0967. The van der Waals surface area contributed by atoms with E-state index in [0.717, 1.165) is 5.69 Å². The molecule has 0 aromatic heterocycles. The maximum atomic E-state index is 12.6. The van der Waals surface area contributed by atoms with E-state index in [1.165, 1.54) is 7.11 Å². The minimum Gasteiger partial charge on any atom is -0.495 e. The largest absolute Gasteiger partial charge is 0.495 e. The second kappa shape index (κ2) is 7.33. The van der Waals surface area contributed by atoms with Gasteiger partial charge in [0, 0.05) is 28.7 Å². The van der Waals surface area contributed by atoms with Crippen LogP contribution in [0.25, 0.3) is 0 Å². The molecule has 1 saturated heterocycles. The van der Waals surface area contributed by atoms with Crippen LogP contribution in [0.5, 0.6) is 5.75 Å². The fourth-order valence-corrected chi connectivity index (χ4v) is 3.06. The molecule has 0 unspecified atom stereocenters. The number of rotatable bonds is 4. The summed E-state index contributed by atoms with van der Waals surface area (Å²) in [6.45, 7) is 0.315. The summed E-state index contributed by atoms with van der Waals surface area (Å²) in [4.78, 5) is 26.4. The molecule has 5 nitrogen and oxygen atoms in total. The molecule has 1 heterocycles. The smallest absolute Gasteiger partial charge is 0.229 e. The second-order valence-corrected chi connectivity index (χ2v) is 6.59. The summed E-state index contributed by atoms with van der Waals surface area (Å²) in [6, 6.07) is 11.9. The number of hydrogen-bond donors (Lipinski definition) is 1. The molecule has 1 aliphatic heterocycles. The normalized spacial score (nSPS) is 16.8. The van der Waals surface area contributed by atoms with E-state index in [2.05, 4.69) is 5.32 Å². The molecule has 1 atom stereocenters. The number of nitrogens with zero attached hydrogens (tertiary/aromatic N) is 1. The molecule has 25 heavy (non-hydrogen) atoms. The summed E-state index contributed by atoms with van der Waals surface area (Å²) in [5.74, 6) is -0.283. The van der Waals surface area contributed by atoms with Gasteiger partial charge in [-0.25, -0.2) is 0 Å². The average molecular weight is 379 g/mol. The van der Waals surface area contributed by atoms with Crippen LogP contribution in [-0.2, 0) is 9.59 Å². The Morgan fingerprint density at radius 1 is 1.16 bits per heavy atom. The van der Waals surface area contributed by atoms with E-state index in [1.54, 1.807) is 47.4 Å². The van der Waals surface area contributed by atoms with Crippen LogP contribution in [0.3, 0.4) is 0 Å². The van der Waals surface area contributed by atoms with E-state index in [0.29, 0.717) is 28.0 Å². The van der Waals surface area contributed by atoms with Gasteiger partial charge >= 0.3 is 0 Å². The van der Waals surface area contributed by atoms with Gasteiger partial charge < -0.3 is 15.0 Å². The highest BCUT2D eigenvalue weighted by molar-refractivity contribution is 6.31. The van der Waals surface area contributed by atoms with Gasteiger partial charge in [-0.05, 0) is 42.5 Å². The molecule has 0 aliphatic carbocycles. The summed E-state index contributed by atoms with van der Waals surface area (Å²) in [6.07, 6.45) is 0.150. The van der Waals surface area contributed by atoms with Gasteiger partial charge in [0.05, 0.1) is 18.7 Å². The van der Waals surface area contributed by atoms with Crippen molar-refractivity contribution >= 4 is 46.4 Å². The van der Waals surface area contributed by atoms with Crippen molar-refractivity contribution in [1.29, 1.82) is 0 Å². The van der Waals surface area contributed by atoms with Crippen LogP contribution in [0.1, 0.15) is 6.42 Å². The van der Waals surface area contributed by atoms with Gasteiger partial charge in [-0.15, -0.1) is 0 Å². The Kier molecular flexibility index (Phi) is 5.16. The number of carbonyl (C=O) groups is 2. The number of halogens is 2. The maximum Gasteiger partial charge on any atom is 0.229 e. The van der Waals surface area contributed by atoms with Crippen molar-refractivity contribution in [3.63, 3.8) is 0 Å². The minimum atomic E-state index is -0.452. The van der Waals surface area contributed by atoms with E-state index in [9.17, 15) is 9.59 Å². The van der Waals surface area contributed by atoms with E-state index >= 15 is 0 Å². The number of anilines is 2. The Morgan fingerprint density at radius 3 is 2.52 bits per heavy atom. The SMILES string of the molecule is COc1ccc(Cl)cc1NC(=O)[C@@H]1CC(=O)N(c2ccc(Cl)cc2)C1. The van der Waals surface area contributed by atoms with Crippen LogP contribution in [0.2, 0.25) is 10.0 Å². The van der Waals surface area contributed by atoms with Gasteiger partial charge in [0.1, 0.15) is 5.75 Å². The molecule has 130 valence electrons. The Labute approximate surface area is 155 Å². The van der Waals surface area contributed by atoms with E-state index in [4.69, 9.17) is 27.9 Å². The monoisotopic (exact) mass is 378 g/mol. The van der Waals surface area contributed by atoms with Crippen molar-refractivity contribution in [2.75, 3.05) is 23.9 Å². The molecule has 0 spiro atoms. The van der Waals surface area contributed by atoms with Gasteiger partial charge in [-0.3, -0.25) is 9.59 Å². The van der Waals surface area contributed by atoms with Crippen LogP contribution in [0, 0.1) is 5.92 Å². The molecule has 7 heteroatoms. The molecule has 2 aromatic rings. The zero-order valence-electron chi connectivity index (χ0n) is 13.5. The molecule has 0 radical (unpaired) electrons. The van der Waals surface area contributed by atoms with Crippen LogP contribution >= 0.6 is 23.2 Å². The topological polar surface area (TPSA) is 58.6 Å². The summed E-state index contributed by atoms with van der Waals surface area (Å²) in [7, 11) is 1.51. The Hall–Kier alpha value is -2.24. The summed E-state index contributed by atoms with van der Waals surface area (Å²) < 4.78 is 5.22. The molecular weight excluding hydrogens is 363 g/mol. The molecule has 2 amide bonds. The van der Waals surface area contributed by atoms with E-state index in [1.807, 2.05) is 0 Å². The van der Waals surface area contributed by atoms with Crippen LogP contribution in [0.4, 0.5) is 11.4 Å². The zero-order chi connectivity index (χ0) is 18.0. The molecule has 1 N–H and O–H groups in total. The van der Waals surface area contributed by atoms with Gasteiger partial charge in [-0.2, -0.15) is 0 Å². The van der Waals surface area contributed by atoms with Crippen molar-refractivity contribution in [3.05, 3.63) is 52.5 Å². The van der Waals surface area contributed by atoms with Crippen LogP contribution in [0.15, 0.2) is 42.5 Å². The number of amides is 2. The van der Waals surface area contributed by atoms with Crippen molar-refractivity contribution in [1.82, 2.24) is 0 Å². The molecular formula is C18H16Cl2N2O3. The zero-order valence-corrected chi connectivity index (χ0v) is 15.0. The number of benzene rings is 2. The first-order valence-corrected chi connectivity index (χ1v) is 8.44. The van der Waals surface area contributed by atoms with Gasteiger partial charge in [0.2, 0.25) is 11.8 Å². The molecule has 2 aromatic carbocycles. The predicted molar refractivity (Wildman–Crippen MR) is 98.5 cm³/mol. The lowest BCUT2D eigenvalue weighted by Gasteiger charge is -2.17. The summed E-state index contributed by atoms with van der Waals surface area (Å²) in [5, 5.41) is 3.88. The van der Waals surface area contributed by atoms with Crippen molar-refractivity contribution < 1.29 is 14.3 Å². The lowest BCUT2D eigenvalue weighted by atomic mass is 10.1. The third kappa shape index (κ3) is 3.89. The predicted octanol–water partition coefficient (Wildman–Crippen LogP) is 3.99. The summed E-state index contributed by atoms with van der Waals surface area (Å²) in [5.41, 5.74) is 1.21. The van der Waals surface area contributed by atoms with Crippen molar-refractivity contribution in [2.45, 2.75) is 6.42 Å². The quantitative estimate of drug-likeness (QED) is 0.874. The molecule has 0 bridgehead atoms. The Bertz CT molecular complexity index is 808. The van der Waals surface area contributed by atoms with Gasteiger partial charge in [-0.1, -0.05) is 23.2 Å². The van der Waals surface area contributed by atoms with Gasteiger partial charge in [0.15, 0.2) is 0 Å². The van der Waals surface area contributed by atoms with E-state index in [-0.39, 0.29) is 18.2 Å². The first-order chi connectivity index (χ1) is 12.0. The molecule has 1 aliphatic rings. The van der Waals surface area contributed by atoms with Crippen LogP contribution < -0.4 is 15.0 Å². The lowest BCUT2D eigenvalue weighted by Crippen LogP contribution is -2.28. The van der Waals surface area contributed by atoms with Crippen molar-refractivity contribution in [3.8, 4) is 5.75 Å². The highest BCUT2D eigenvalue weighted by Gasteiger charge is 2.35. The number of carbonyl (C=O) groups excluding carboxylic acids is 2. The average Bonchev–Trinajstić information content (AvgIpc) is 2.98. The number of methoxy groups -OCH3 is 1. The fourth-order valence-electron chi connectivity index (χ4n) is 2.77. The first-order valence-electron chi connectivity index (χ1n) is 7.68. The molecule has 3 rings (SSSR count). The lowest BCUT2D eigenvalue weighted by molar-refractivity contribution is -0.122. The summed E-state index contributed by atoms with van der Waals surface area (Å²) >= 11 is 11.9. The van der Waals surface area contributed by atoms with Crippen molar-refractivity contribution in [2.24, 2.45) is 5.92 Å². The fraction of sp³-hybridized carbons (Fsp3) is 0.222. The van der Waals surface area contributed by atoms with Gasteiger partial charge in [0.25, 0.3) is 0 Å². The number of nitrogens with one attached hydrogen (secondary N) is 1. The second-order valence-electron chi connectivity index (χ2n) is 5.72. The molecule has 0 saturated carbocycles.